The van der Waals surface area contributed by atoms with Gasteiger partial charge in [0.05, 0.1) is 37.6 Å². The van der Waals surface area contributed by atoms with Gasteiger partial charge in [0, 0.05) is 11.8 Å². The van der Waals surface area contributed by atoms with Crippen molar-refractivity contribution in [2.75, 3.05) is 10.2 Å². The van der Waals surface area contributed by atoms with Crippen LogP contribution in [0.4, 0.5) is 17.1 Å². The van der Waals surface area contributed by atoms with Crippen LogP contribution in [0, 0.1) is 33.3 Å². The molecule has 1 N–H and O–H groups in total. The van der Waals surface area contributed by atoms with Crippen molar-refractivity contribution in [1.82, 2.24) is 4.98 Å². The minimum Gasteiger partial charge on any atom is -0.321 e. The van der Waals surface area contributed by atoms with E-state index in [1.807, 2.05) is 6.07 Å². The predicted octanol–water partition coefficient (Wildman–Crippen LogP) is 6.58. The Morgan fingerprint density at radius 2 is 1.79 bits per heavy atom. The van der Waals surface area contributed by atoms with E-state index in [1.165, 1.54) is 28.4 Å². The molecule has 1 aliphatic heterocycles. The molecule has 1 aliphatic carbocycles. The molecule has 2 atom stereocenters. The number of carbonyl (C=O) groups is 3. The van der Waals surface area contributed by atoms with Crippen molar-refractivity contribution in [2.24, 2.45) is 11.8 Å². The molecule has 214 valence electrons. The lowest BCUT2D eigenvalue weighted by atomic mass is 9.81. The van der Waals surface area contributed by atoms with Gasteiger partial charge in [-0.3, -0.25) is 29.4 Å². The van der Waals surface area contributed by atoms with Gasteiger partial charge < -0.3 is 5.32 Å². The number of carbonyl (C=O) groups excluding carboxylic acids is 3. The van der Waals surface area contributed by atoms with Crippen molar-refractivity contribution in [2.45, 2.75) is 34.9 Å². The fourth-order valence-corrected chi connectivity index (χ4v) is 7.62. The number of anilines is 2. The number of nitrogens with one attached hydrogen (secondary N) is 1. The van der Waals surface area contributed by atoms with Crippen molar-refractivity contribution in [3.8, 4) is 6.07 Å². The molecular weight excluding hydrogens is 587 g/mol. The van der Waals surface area contributed by atoms with Crippen molar-refractivity contribution < 1.29 is 19.3 Å². The number of benzene rings is 3. The molecule has 0 unspecified atom stereocenters. The summed E-state index contributed by atoms with van der Waals surface area (Å²) < 4.78 is 1.30. The molecule has 2 fully saturated rings. The fourth-order valence-electron chi connectivity index (χ4n) is 5.47. The number of rotatable bonds is 7. The summed E-state index contributed by atoms with van der Waals surface area (Å²) >= 11 is 2.43. The first-order chi connectivity index (χ1) is 20.8. The normalized spacial score (nSPS) is 18.4. The molecule has 0 radical (unpaired) electrons. The molecular formula is C31H23N5O5S2. The summed E-state index contributed by atoms with van der Waals surface area (Å²) in [6.07, 6.45) is 4.68. The van der Waals surface area contributed by atoms with Crippen LogP contribution in [-0.4, -0.2) is 27.6 Å². The van der Waals surface area contributed by atoms with Crippen LogP contribution in [0.2, 0.25) is 0 Å². The van der Waals surface area contributed by atoms with Crippen molar-refractivity contribution >= 4 is 74.2 Å². The first-order valence-electron chi connectivity index (χ1n) is 13.6. The van der Waals surface area contributed by atoms with E-state index < -0.39 is 10.8 Å². The summed E-state index contributed by atoms with van der Waals surface area (Å²) in [7, 11) is 0. The number of nitriles is 1. The highest BCUT2D eigenvalue weighted by Crippen LogP contribution is 2.43. The Kier molecular flexibility index (Phi) is 7.75. The van der Waals surface area contributed by atoms with Crippen LogP contribution in [0.25, 0.3) is 16.3 Å². The second-order valence-corrected chi connectivity index (χ2v) is 12.5. The standard InChI is InChI=1S/C31H23N5O5S2/c32-17-19(28(37)33-20-6-2-1-3-7-20)14-18-10-13-26(25(15-18)36(40)41)42-31-34-24-12-11-21(16-27(24)43-31)35-29(38)22-8-4-5-9-23(22)30(35)39/h1-3,6-7,10-16,22-23H,4-5,8-9H2,(H,33,37)/b19-14+/t22-,23+. The molecule has 1 saturated carbocycles. The van der Waals surface area contributed by atoms with Crippen molar-refractivity contribution in [3.05, 3.63) is 88.0 Å². The van der Waals surface area contributed by atoms with E-state index in [9.17, 15) is 29.8 Å². The fraction of sp³-hybridized carbons (Fsp3) is 0.194. The zero-order valence-corrected chi connectivity index (χ0v) is 24.2. The Morgan fingerprint density at radius 3 is 2.47 bits per heavy atom. The number of amides is 3. The van der Waals surface area contributed by atoms with Crippen LogP contribution in [0.5, 0.6) is 0 Å². The van der Waals surface area contributed by atoms with E-state index in [1.54, 1.807) is 60.7 Å². The first-order valence-corrected chi connectivity index (χ1v) is 15.2. The minimum atomic E-state index is -0.625. The molecule has 0 spiro atoms. The summed E-state index contributed by atoms with van der Waals surface area (Å²) in [4.78, 5) is 56.4. The quantitative estimate of drug-likeness (QED) is 0.0813. The molecule has 1 saturated heterocycles. The highest BCUT2D eigenvalue weighted by Gasteiger charge is 2.48. The second-order valence-electron chi connectivity index (χ2n) is 10.2. The number of nitro groups is 1. The van der Waals surface area contributed by atoms with Gasteiger partial charge in [0.25, 0.3) is 11.6 Å². The Balaban J connectivity index is 1.23. The maximum Gasteiger partial charge on any atom is 0.283 e. The Hall–Kier alpha value is -4.86. The molecule has 2 aliphatic rings. The van der Waals surface area contributed by atoms with Crippen LogP contribution in [0.15, 0.2) is 81.5 Å². The Morgan fingerprint density at radius 1 is 1.07 bits per heavy atom. The monoisotopic (exact) mass is 609 g/mol. The molecule has 0 bridgehead atoms. The second kappa shape index (κ2) is 11.8. The van der Waals surface area contributed by atoms with Crippen LogP contribution in [0.1, 0.15) is 31.2 Å². The van der Waals surface area contributed by atoms with Gasteiger partial charge in [-0.25, -0.2) is 4.98 Å². The van der Waals surface area contributed by atoms with E-state index in [0.29, 0.717) is 31.7 Å². The van der Waals surface area contributed by atoms with Gasteiger partial charge in [-0.2, -0.15) is 5.26 Å². The summed E-state index contributed by atoms with van der Waals surface area (Å²) in [5.41, 5.74) is 1.61. The third-order valence-electron chi connectivity index (χ3n) is 7.54. The Bertz CT molecular complexity index is 1840. The molecule has 3 amide bonds. The highest BCUT2D eigenvalue weighted by atomic mass is 32.2. The van der Waals surface area contributed by atoms with Gasteiger partial charge in [0.1, 0.15) is 11.6 Å². The number of nitrogens with zero attached hydrogens (tertiary/aromatic N) is 4. The minimum absolute atomic E-state index is 0.143. The van der Waals surface area contributed by atoms with Gasteiger partial charge in [-0.1, -0.05) is 48.9 Å². The van der Waals surface area contributed by atoms with Crippen LogP contribution >= 0.6 is 23.1 Å². The lowest BCUT2D eigenvalue weighted by molar-refractivity contribution is -0.387. The number of nitro benzene ring substituents is 1. The molecule has 12 heteroatoms. The van der Waals surface area contributed by atoms with Crippen molar-refractivity contribution in [3.63, 3.8) is 0 Å². The van der Waals surface area contributed by atoms with Gasteiger partial charge in [0.15, 0.2) is 4.34 Å². The third kappa shape index (κ3) is 5.64. The SMILES string of the molecule is N#C/C(=C\c1ccc(Sc2nc3ccc(N4C(=O)[C@H]5CCCC[C@H]5C4=O)cc3s2)c([N+](=O)[O-])c1)C(=O)Nc1ccccc1. The molecule has 2 heterocycles. The summed E-state index contributed by atoms with van der Waals surface area (Å²) in [5.74, 6) is -1.40. The van der Waals surface area contributed by atoms with E-state index in [0.717, 1.165) is 42.1 Å². The van der Waals surface area contributed by atoms with E-state index in [4.69, 9.17) is 0 Å². The number of thiazole rings is 1. The van der Waals surface area contributed by atoms with Gasteiger partial charge >= 0.3 is 0 Å². The van der Waals surface area contributed by atoms with E-state index >= 15 is 0 Å². The molecule has 43 heavy (non-hydrogen) atoms. The molecule has 3 aromatic carbocycles. The van der Waals surface area contributed by atoms with Crippen LogP contribution < -0.4 is 10.2 Å². The lowest BCUT2D eigenvalue weighted by Crippen LogP contribution is -2.30. The van der Waals surface area contributed by atoms with Gasteiger partial charge in [0.2, 0.25) is 11.8 Å². The predicted molar refractivity (Wildman–Crippen MR) is 163 cm³/mol. The summed E-state index contributed by atoms with van der Waals surface area (Å²) in [6.45, 7) is 0. The number of fused-ring (bicyclic) bond motifs is 2. The Labute approximate surface area is 254 Å². The number of aromatic nitrogens is 1. The van der Waals surface area contributed by atoms with Crippen LogP contribution in [-0.2, 0) is 14.4 Å². The number of hydrogen-bond acceptors (Lipinski definition) is 9. The average molecular weight is 610 g/mol. The lowest BCUT2D eigenvalue weighted by Gasteiger charge is -2.19. The average Bonchev–Trinajstić information content (AvgIpc) is 3.53. The number of imide groups is 1. The molecule has 10 nitrogen and oxygen atoms in total. The van der Waals surface area contributed by atoms with Crippen LogP contribution in [0.3, 0.4) is 0 Å². The topological polar surface area (TPSA) is 146 Å². The van der Waals surface area contributed by atoms with E-state index in [-0.39, 0.29) is 34.9 Å². The van der Waals surface area contributed by atoms with Crippen molar-refractivity contribution in [1.29, 1.82) is 5.26 Å². The van der Waals surface area contributed by atoms with Gasteiger partial charge in [-0.05, 0) is 60.9 Å². The van der Waals surface area contributed by atoms with Gasteiger partial charge in [-0.15, -0.1) is 11.3 Å². The highest BCUT2D eigenvalue weighted by molar-refractivity contribution is 8.01. The zero-order valence-electron chi connectivity index (χ0n) is 22.6. The molecule has 6 rings (SSSR count). The molecule has 4 aromatic rings. The number of para-hydroxylation sites is 1. The maximum absolute atomic E-state index is 13.0. The number of hydrogen-bond donors (Lipinski definition) is 1. The largest absolute Gasteiger partial charge is 0.321 e. The smallest absolute Gasteiger partial charge is 0.283 e. The van der Waals surface area contributed by atoms with E-state index in [2.05, 4.69) is 10.3 Å². The summed E-state index contributed by atoms with van der Waals surface area (Å²) in [6, 6.07) is 20.2. The maximum atomic E-state index is 13.0. The third-order valence-corrected chi connectivity index (χ3v) is 9.68. The zero-order chi connectivity index (χ0) is 30.1. The summed E-state index contributed by atoms with van der Waals surface area (Å²) in [5, 5.41) is 24.1. The molecule has 1 aromatic heterocycles. The first kappa shape index (κ1) is 28.3.